The molecule has 2 aliphatic heterocycles. The molecule has 1 N–H and O–H groups in total. The maximum atomic E-state index is 14.2. The van der Waals surface area contributed by atoms with Crippen LogP contribution in [0.5, 0.6) is 0 Å². The molecule has 0 aliphatic carbocycles. The van der Waals surface area contributed by atoms with E-state index in [2.05, 4.69) is 5.32 Å². The zero-order valence-corrected chi connectivity index (χ0v) is 13.0. The van der Waals surface area contributed by atoms with Gasteiger partial charge in [-0.15, -0.1) is 0 Å². The summed E-state index contributed by atoms with van der Waals surface area (Å²) in [6.07, 6.45) is 3.41. The first-order valence-corrected chi connectivity index (χ1v) is 8.11. The average Bonchev–Trinajstić information content (AvgIpc) is 2.94. The Morgan fingerprint density at radius 2 is 2.13 bits per heavy atom. The molecule has 0 saturated carbocycles. The number of hydrogen-bond donors (Lipinski definition) is 1. The van der Waals surface area contributed by atoms with Gasteiger partial charge in [-0.1, -0.05) is 0 Å². The third-order valence-corrected chi connectivity index (χ3v) is 4.41. The predicted molar refractivity (Wildman–Crippen MR) is 84.8 cm³/mol. The first-order valence-electron chi connectivity index (χ1n) is 8.11. The van der Waals surface area contributed by atoms with Gasteiger partial charge in [0.2, 0.25) is 11.8 Å². The summed E-state index contributed by atoms with van der Waals surface area (Å²) < 4.78 is 19.5. The van der Waals surface area contributed by atoms with Crippen molar-refractivity contribution in [1.82, 2.24) is 0 Å². The van der Waals surface area contributed by atoms with Gasteiger partial charge in [0.25, 0.3) is 0 Å². The van der Waals surface area contributed by atoms with Gasteiger partial charge < -0.3 is 15.0 Å². The van der Waals surface area contributed by atoms with Crippen molar-refractivity contribution in [3.63, 3.8) is 0 Å². The van der Waals surface area contributed by atoms with Crippen LogP contribution in [-0.2, 0) is 14.3 Å². The molecule has 5 nitrogen and oxygen atoms in total. The summed E-state index contributed by atoms with van der Waals surface area (Å²) in [5.41, 5.74) is 0.713. The Kier molecular flexibility index (Phi) is 4.91. The molecular formula is C17H21FN2O3. The summed E-state index contributed by atoms with van der Waals surface area (Å²) in [5, 5.41) is 2.74. The molecule has 0 bridgehead atoms. The first-order chi connectivity index (χ1) is 11.1. The lowest BCUT2D eigenvalue weighted by Gasteiger charge is -2.21. The summed E-state index contributed by atoms with van der Waals surface area (Å²) >= 11 is 0. The van der Waals surface area contributed by atoms with Crippen molar-refractivity contribution in [3.8, 4) is 0 Å². The molecule has 1 aromatic rings. The Balaban J connectivity index is 1.61. The number of hydrogen-bond acceptors (Lipinski definition) is 3. The van der Waals surface area contributed by atoms with Crippen LogP contribution in [0.25, 0.3) is 0 Å². The van der Waals surface area contributed by atoms with Crippen LogP contribution in [0.4, 0.5) is 15.8 Å². The fourth-order valence-electron chi connectivity index (χ4n) is 3.13. The molecule has 0 unspecified atom stereocenters. The van der Waals surface area contributed by atoms with Gasteiger partial charge >= 0.3 is 0 Å². The van der Waals surface area contributed by atoms with Crippen LogP contribution in [-0.4, -0.2) is 31.6 Å². The molecule has 0 atom stereocenters. The number of carbonyl (C=O) groups is 2. The fourth-order valence-corrected chi connectivity index (χ4v) is 3.13. The van der Waals surface area contributed by atoms with Crippen molar-refractivity contribution in [1.29, 1.82) is 0 Å². The number of rotatable bonds is 4. The van der Waals surface area contributed by atoms with Gasteiger partial charge in [0.05, 0.1) is 5.69 Å². The number of nitrogens with one attached hydrogen (secondary N) is 1. The fraction of sp³-hybridized carbons (Fsp3) is 0.529. The molecule has 2 saturated heterocycles. The smallest absolute Gasteiger partial charge is 0.227 e. The van der Waals surface area contributed by atoms with Crippen molar-refractivity contribution < 1.29 is 18.7 Å². The number of benzene rings is 1. The SMILES string of the molecule is O=C(CC1CCOCC1)Nc1ccc(N2CCCC2=O)c(F)c1. The van der Waals surface area contributed by atoms with Crippen LogP contribution in [0.1, 0.15) is 32.1 Å². The van der Waals surface area contributed by atoms with E-state index in [0.29, 0.717) is 44.2 Å². The molecule has 0 radical (unpaired) electrons. The van der Waals surface area contributed by atoms with E-state index < -0.39 is 5.82 Å². The molecule has 2 fully saturated rings. The highest BCUT2D eigenvalue weighted by Crippen LogP contribution is 2.27. The molecule has 1 aromatic carbocycles. The zero-order valence-electron chi connectivity index (χ0n) is 13.0. The van der Waals surface area contributed by atoms with Crippen molar-refractivity contribution in [3.05, 3.63) is 24.0 Å². The Labute approximate surface area is 134 Å². The standard InChI is InChI=1S/C17H21FN2O3/c18-14-11-13(3-4-15(14)20-7-1-2-17(20)22)19-16(21)10-12-5-8-23-9-6-12/h3-4,11-12H,1-2,5-10H2,(H,19,21). The Morgan fingerprint density at radius 3 is 2.78 bits per heavy atom. The van der Waals surface area contributed by atoms with Crippen LogP contribution in [0.3, 0.4) is 0 Å². The topological polar surface area (TPSA) is 58.6 Å². The second kappa shape index (κ2) is 7.08. The van der Waals surface area contributed by atoms with Gasteiger partial charge in [0.1, 0.15) is 5.82 Å². The number of amides is 2. The van der Waals surface area contributed by atoms with E-state index in [0.717, 1.165) is 19.3 Å². The summed E-state index contributed by atoms with van der Waals surface area (Å²) in [6, 6.07) is 4.48. The third-order valence-electron chi connectivity index (χ3n) is 4.41. The summed E-state index contributed by atoms with van der Waals surface area (Å²) in [6.45, 7) is 1.95. The minimum atomic E-state index is -0.482. The van der Waals surface area contributed by atoms with E-state index in [1.807, 2.05) is 0 Å². The lowest BCUT2D eigenvalue weighted by molar-refractivity contribution is -0.118. The number of ether oxygens (including phenoxy) is 1. The molecule has 0 aromatic heterocycles. The molecule has 2 amide bonds. The van der Waals surface area contributed by atoms with Gasteiger partial charge in [0, 0.05) is 38.3 Å². The number of anilines is 2. The highest BCUT2D eigenvalue weighted by atomic mass is 19.1. The minimum absolute atomic E-state index is 0.0554. The van der Waals surface area contributed by atoms with Crippen LogP contribution in [0.2, 0.25) is 0 Å². The van der Waals surface area contributed by atoms with E-state index in [1.54, 1.807) is 12.1 Å². The van der Waals surface area contributed by atoms with Crippen LogP contribution in [0, 0.1) is 11.7 Å². The quantitative estimate of drug-likeness (QED) is 0.928. The zero-order chi connectivity index (χ0) is 16.2. The van der Waals surface area contributed by atoms with Crippen molar-refractivity contribution in [2.24, 2.45) is 5.92 Å². The van der Waals surface area contributed by atoms with Crippen LogP contribution >= 0.6 is 0 Å². The molecule has 3 rings (SSSR count). The van der Waals surface area contributed by atoms with Crippen molar-refractivity contribution in [2.75, 3.05) is 30.0 Å². The van der Waals surface area contributed by atoms with Gasteiger partial charge in [-0.05, 0) is 43.4 Å². The van der Waals surface area contributed by atoms with Crippen LogP contribution < -0.4 is 10.2 Å². The normalized spacial score (nSPS) is 19.2. The second-order valence-corrected chi connectivity index (χ2v) is 6.12. The van der Waals surface area contributed by atoms with E-state index in [1.165, 1.54) is 11.0 Å². The van der Waals surface area contributed by atoms with E-state index in [9.17, 15) is 14.0 Å². The lowest BCUT2D eigenvalue weighted by Crippen LogP contribution is -2.25. The maximum absolute atomic E-state index is 14.2. The minimum Gasteiger partial charge on any atom is -0.381 e. The Morgan fingerprint density at radius 1 is 1.35 bits per heavy atom. The van der Waals surface area contributed by atoms with Gasteiger partial charge in [-0.3, -0.25) is 9.59 Å². The van der Waals surface area contributed by atoms with Crippen LogP contribution in [0.15, 0.2) is 18.2 Å². The molecule has 124 valence electrons. The molecular weight excluding hydrogens is 299 g/mol. The third kappa shape index (κ3) is 3.88. The molecule has 2 aliphatic rings. The number of nitrogens with zero attached hydrogens (tertiary/aromatic N) is 1. The first kappa shape index (κ1) is 15.9. The summed E-state index contributed by atoms with van der Waals surface area (Å²) in [4.78, 5) is 25.2. The van der Waals surface area contributed by atoms with E-state index in [4.69, 9.17) is 4.74 Å². The monoisotopic (exact) mass is 320 g/mol. The molecule has 2 heterocycles. The van der Waals surface area contributed by atoms with Crippen molar-refractivity contribution in [2.45, 2.75) is 32.1 Å². The highest BCUT2D eigenvalue weighted by Gasteiger charge is 2.24. The molecule has 6 heteroatoms. The Bertz CT molecular complexity index is 600. The second-order valence-electron chi connectivity index (χ2n) is 6.12. The average molecular weight is 320 g/mol. The van der Waals surface area contributed by atoms with E-state index >= 15 is 0 Å². The lowest BCUT2D eigenvalue weighted by atomic mass is 9.96. The van der Waals surface area contributed by atoms with Crippen molar-refractivity contribution >= 4 is 23.2 Å². The van der Waals surface area contributed by atoms with E-state index in [-0.39, 0.29) is 17.5 Å². The highest BCUT2D eigenvalue weighted by molar-refractivity contribution is 5.96. The number of halogens is 1. The predicted octanol–water partition coefficient (Wildman–Crippen LogP) is 2.71. The maximum Gasteiger partial charge on any atom is 0.227 e. The largest absolute Gasteiger partial charge is 0.381 e. The van der Waals surface area contributed by atoms with Gasteiger partial charge in [0.15, 0.2) is 0 Å². The molecule has 23 heavy (non-hydrogen) atoms. The molecule has 0 spiro atoms. The summed E-state index contributed by atoms with van der Waals surface area (Å²) in [5.74, 6) is -0.319. The van der Waals surface area contributed by atoms with Gasteiger partial charge in [-0.25, -0.2) is 4.39 Å². The Hall–Kier alpha value is -1.95. The summed E-state index contributed by atoms with van der Waals surface area (Å²) in [7, 11) is 0. The van der Waals surface area contributed by atoms with Gasteiger partial charge in [-0.2, -0.15) is 0 Å². The number of carbonyl (C=O) groups excluding carboxylic acids is 2.